The molecule has 0 saturated carbocycles. The van der Waals surface area contributed by atoms with Crippen LogP contribution in [0.25, 0.3) is 0 Å². The molecular weight excluding hydrogens is 313 g/mol. The van der Waals surface area contributed by atoms with E-state index in [2.05, 4.69) is 5.32 Å². The first-order valence-corrected chi connectivity index (χ1v) is 8.53. The fourth-order valence-electron chi connectivity index (χ4n) is 2.03. The highest BCUT2D eigenvalue weighted by atomic mass is 35.5. The molecule has 0 radical (unpaired) electrons. The second kappa shape index (κ2) is 6.03. The second-order valence-electron chi connectivity index (χ2n) is 4.80. The summed E-state index contributed by atoms with van der Waals surface area (Å²) >= 11 is 6.09. The summed E-state index contributed by atoms with van der Waals surface area (Å²) in [5.74, 6) is -0.356. The molecule has 0 atom stereocenters. The van der Waals surface area contributed by atoms with Crippen molar-refractivity contribution < 1.29 is 12.8 Å². The van der Waals surface area contributed by atoms with Gasteiger partial charge in [0.15, 0.2) is 9.84 Å². The van der Waals surface area contributed by atoms with E-state index in [0.717, 1.165) is 11.8 Å². The highest BCUT2D eigenvalue weighted by molar-refractivity contribution is 7.90. The van der Waals surface area contributed by atoms with Gasteiger partial charge in [0.25, 0.3) is 0 Å². The van der Waals surface area contributed by atoms with Gasteiger partial charge in [-0.25, -0.2) is 12.8 Å². The third kappa shape index (κ3) is 3.74. The zero-order valence-electron chi connectivity index (χ0n) is 11.7. The summed E-state index contributed by atoms with van der Waals surface area (Å²) in [5, 5.41) is 3.40. The zero-order valence-corrected chi connectivity index (χ0v) is 13.2. The number of anilines is 1. The minimum atomic E-state index is -3.38. The van der Waals surface area contributed by atoms with E-state index in [1.807, 2.05) is 6.92 Å². The van der Waals surface area contributed by atoms with Crippen molar-refractivity contribution in [1.29, 1.82) is 0 Å². The highest BCUT2D eigenvalue weighted by Gasteiger charge is 2.15. The summed E-state index contributed by atoms with van der Waals surface area (Å²) in [5.41, 5.74) is 1.95. The molecule has 2 rings (SSSR count). The molecule has 2 aromatic rings. The predicted octanol–water partition coefficient (Wildman–Crippen LogP) is 3.80. The summed E-state index contributed by atoms with van der Waals surface area (Å²) in [6.45, 7) is 2.04. The van der Waals surface area contributed by atoms with Crippen LogP contribution in [0.2, 0.25) is 5.02 Å². The molecule has 6 heteroatoms. The predicted molar refractivity (Wildman–Crippen MR) is 83.0 cm³/mol. The molecule has 0 bridgehead atoms. The van der Waals surface area contributed by atoms with Gasteiger partial charge in [0.1, 0.15) is 5.82 Å². The Kier molecular flexibility index (Phi) is 4.54. The summed E-state index contributed by atoms with van der Waals surface area (Å²) in [7, 11) is -3.38. The number of aryl methyl sites for hydroxylation is 1. The molecule has 3 nitrogen and oxygen atoms in total. The molecule has 0 aliphatic heterocycles. The van der Waals surface area contributed by atoms with Crippen molar-refractivity contribution in [1.82, 2.24) is 0 Å². The lowest BCUT2D eigenvalue weighted by Crippen LogP contribution is -2.08. The van der Waals surface area contributed by atoms with E-state index in [4.69, 9.17) is 11.6 Å². The van der Waals surface area contributed by atoms with Gasteiger partial charge in [-0.2, -0.15) is 0 Å². The lowest BCUT2D eigenvalue weighted by molar-refractivity contribution is 0.601. The van der Waals surface area contributed by atoms with Crippen LogP contribution >= 0.6 is 11.6 Å². The molecule has 2 aromatic carbocycles. The molecule has 112 valence electrons. The van der Waals surface area contributed by atoms with Crippen molar-refractivity contribution in [2.75, 3.05) is 11.6 Å². The van der Waals surface area contributed by atoms with Crippen LogP contribution in [0.4, 0.5) is 10.1 Å². The molecular formula is C15H15ClFNO2S. The minimum absolute atomic E-state index is 0.177. The van der Waals surface area contributed by atoms with Crippen LogP contribution in [0.5, 0.6) is 0 Å². The Bertz CT molecular complexity index is 775. The first-order chi connectivity index (χ1) is 9.79. The molecule has 0 saturated heterocycles. The Morgan fingerprint density at radius 1 is 1.24 bits per heavy atom. The fourth-order valence-corrected chi connectivity index (χ4v) is 3.28. The zero-order chi connectivity index (χ0) is 15.6. The van der Waals surface area contributed by atoms with Crippen molar-refractivity contribution in [3.63, 3.8) is 0 Å². The van der Waals surface area contributed by atoms with Gasteiger partial charge in [0.2, 0.25) is 0 Å². The quantitative estimate of drug-likeness (QED) is 0.929. The first-order valence-electron chi connectivity index (χ1n) is 6.26. The number of nitrogens with one attached hydrogen (secondary N) is 1. The van der Waals surface area contributed by atoms with Gasteiger partial charge in [0.05, 0.1) is 4.90 Å². The monoisotopic (exact) mass is 327 g/mol. The first kappa shape index (κ1) is 15.8. The average molecular weight is 328 g/mol. The number of benzene rings is 2. The van der Waals surface area contributed by atoms with Crippen molar-refractivity contribution in [3.8, 4) is 0 Å². The smallest absolute Gasteiger partial charge is 0.175 e. The van der Waals surface area contributed by atoms with Crippen LogP contribution in [0.15, 0.2) is 41.3 Å². The van der Waals surface area contributed by atoms with Crippen LogP contribution in [-0.2, 0) is 16.4 Å². The largest absolute Gasteiger partial charge is 0.381 e. The van der Waals surface area contributed by atoms with Gasteiger partial charge in [-0.15, -0.1) is 0 Å². The molecule has 0 spiro atoms. The second-order valence-corrected chi connectivity index (χ2v) is 7.19. The van der Waals surface area contributed by atoms with Gasteiger partial charge in [-0.1, -0.05) is 23.7 Å². The van der Waals surface area contributed by atoms with Crippen molar-refractivity contribution in [3.05, 3.63) is 58.4 Å². The van der Waals surface area contributed by atoms with Crippen LogP contribution in [0.1, 0.15) is 11.1 Å². The summed E-state index contributed by atoms with van der Waals surface area (Å²) in [4.78, 5) is 0.177. The standard InChI is InChI=1S/C15H15ClFNO2S/c1-10-6-7-11(17)8-14(10)18-9-12-13(16)4-3-5-15(12)21(2,19)20/h3-8,18H,9H2,1-2H3. The lowest BCUT2D eigenvalue weighted by atomic mass is 10.1. The van der Waals surface area contributed by atoms with Crippen LogP contribution < -0.4 is 5.32 Å². The van der Waals surface area contributed by atoms with E-state index in [1.165, 1.54) is 18.2 Å². The molecule has 0 aromatic heterocycles. The van der Waals surface area contributed by atoms with Crippen molar-refractivity contribution >= 4 is 27.1 Å². The van der Waals surface area contributed by atoms with E-state index in [9.17, 15) is 12.8 Å². The number of rotatable bonds is 4. The Hall–Kier alpha value is -1.59. The van der Waals surface area contributed by atoms with Gasteiger partial charge in [-0.3, -0.25) is 0 Å². The maximum Gasteiger partial charge on any atom is 0.175 e. The maximum absolute atomic E-state index is 13.3. The average Bonchev–Trinajstić information content (AvgIpc) is 2.39. The Balaban J connectivity index is 2.34. The van der Waals surface area contributed by atoms with E-state index >= 15 is 0 Å². The minimum Gasteiger partial charge on any atom is -0.381 e. The third-order valence-corrected chi connectivity index (χ3v) is 4.67. The summed E-state index contributed by atoms with van der Waals surface area (Å²) < 4.78 is 36.8. The molecule has 0 fully saturated rings. The van der Waals surface area contributed by atoms with Crippen LogP contribution in [0.3, 0.4) is 0 Å². The van der Waals surface area contributed by atoms with Crippen LogP contribution in [-0.4, -0.2) is 14.7 Å². The normalized spacial score (nSPS) is 11.4. The maximum atomic E-state index is 13.3. The van der Waals surface area contributed by atoms with Gasteiger partial charge in [0, 0.05) is 29.1 Å². The van der Waals surface area contributed by atoms with E-state index in [1.54, 1.807) is 18.2 Å². The van der Waals surface area contributed by atoms with Gasteiger partial charge < -0.3 is 5.32 Å². The Morgan fingerprint density at radius 3 is 2.62 bits per heavy atom. The van der Waals surface area contributed by atoms with E-state index in [-0.39, 0.29) is 17.3 Å². The van der Waals surface area contributed by atoms with Crippen LogP contribution in [0, 0.1) is 12.7 Å². The Morgan fingerprint density at radius 2 is 1.95 bits per heavy atom. The Labute approximate surface area is 128 Å². The molecule has 0 unspecified atom stereocenters. The summed E-state index contributed by atoms with van der Waals surface area (Å²) in [6.07, 6.45) is 1.13. The van der Waals surface area contributed by atoms with Gasteiger partial charge >= 0.3 is 0 Å². The number of halogens is 2. The highest BCUT2D eigenvalue weighted by Crippen LogP contribution is 2.26. The number of hydrogen-bond donors (Lipinski definition) is 1. The van der Waals surface area contributed by atoms with Crippen molar-refractivity contribution in [2.45, 2.75) is 18.4 Å². The SMILES string of the molecule is Cc1ccc(F)cc1NCc1c(Cl)cccc1S(C)(=O)=O. The summed E-state index contributed by atoms with van der Waals surface area (Å²) in [6, 6.07) is 9.13. The van der Waals surface area contributed by atoms with E-state index < -0.39 is 9.84 Å². The van der Waals surface area contributed by atoms with E-state index in [0.29, 0.717) is 16.3 Å². The molecule has 0 amide bonds. The van der Waals surface area contributed by atoms with Crippen molar-refractivity contribution in [2.24, 2.45) is 0 Å². The van der Waals surface area contributed by atoms with Gasteiger partial charge in [-0.05, 0) is 36.8 Å². The molecule has 0 heterocycles. The third-order valence-electron chi connectivity index (χ3n) is 3.13. The topological polar surface area (TPSA) is 46.2 Å². The lowest BCUT2D eigenvalue weighted by Gasteiger charge is -2.13. The molecule has 1 N–H and O–H groups in total. The molecule has 0 aliphatic carbocycles. The molecule has 21 heavy (non-hydrogen) atoms. The number of sulfone groups is 1. The number of hydrogen-bond acceptors (Lipinski definition) is 3. The fraction of sp³-hybridized carbons (Fsp3) is 0.200. The molecule has 0 aliphatic rings.